The molecule has 0 saturated heterocycles. The highest BCUT2D eigenvalue weighted by Gasteiger charge is 2.42. The number of aliphatic hydroxyl groups is 1. The summed E-state index contributed by atoms with van der Waals surface area (Å²) in [5, 5.41) is 21.4. The van der Waals surface area contributed by atoms with Crippen LogP contribution < -0.4 is 4.74 Å². The minimum Gasteiger partial charge on any atom is -0.504 e. The fourth-order valence-electron chi connectivity index (χ4n) is 6.40. The number of phenols is 1. The Bertz CT molecular complexity index is 805. The minimum atomic E-state index is -0.610. The summed E-state index contributed by atoms with van der Waals surface area (Å²) in [4.78, 5) is 12.0. The third-order valence-electron chi connectivity index (χ3n) is 8.20. The van der Waals surface area contributed by atoms with Crippen molar-refractivity contribution < 1.29 is 24.5 Å². The average molecular weight is 445 g/mol. The molecular formula is C27H40O5. The first-order chi connectivity index (χ1) is 15.4. The molecule has 0 unspecified atom stereocenters. The molecular weight excluding hydrogens is 404 g/mol. The summed E-state index contributed by atoms with van der Waals surface area (Å²) in [5.41, 5.74) is 1.68. The van der Waals surface area contributed by atoms with E-state index < -0.39 is 11.7 Å². The van der Waals surface area contributed by atoms with E-state index in [0.29, 0.717) is 30.4 Å². The van der Waals surface area contributed by atoms with Crippen LogP contribution in [0.2, 0.25) is 0 Å². The van der Waals surface area contributed by atoms with Gasteiger partial charge in [-0.2, -0.15) is 0 Å². The monoisotopic (exact) mass is 444 g/mol. The van der Waals surface area contributed by atoms with Gasteiger partial charge in [0.15, 0.2) is 11.5 Å². The molecule has 1 aromatic carbocycles. The molecule has 0 amide bonds. The van der Waals surface area contributed by atoms with E-state index in [9.17, 15) is 15.0 Å². The van der Waals surface area contributed by atoms with Crippen molar-refractivity contribution in [2.24, 2.45) is 11.8 Å². The number of ether oxygens (including phenoxy) is 2. The molecule has 5 heteroatoms. The molecule has 0 bridgehead atoms. The lowest BCUT2D eigenvalue weighted by Gasteiger charge is -2.42. The summed E-state index contributed by atoms with van der Waals surface area (Å²) >= 11 is 0. The van der Waals surface area contributed by atoms with Crippen LogP contribution in [0.5, 0.6) is 11.5 Å². The van der Waals surface area contributed by atoms with Crippen molar-refractivity contribution in [1.82, 2.24) is 0 Å². The number of unbranched alkanes of at least 4 members (excludes halogenated alkanes) is 1. The van der Waals surface area contributed by atoms with Gasteiger partial charge in [0.25, 0.3) is 0 Å². The van der Waals surface area contributed by atoms with Crippen molar-refractivity contribution in [3.05, 3.63) is 23.3 Å². The van der Waals surface area contributed by atoms with Crippen molar-refractivity contribution in [3.8, 4) is 11.5 Å². The first kappa shape index (κ1) is 23.4. The number of carbonyl (C=O) groups is 1. The maximum atomic E-state index is 12.0. The molecule has 0 aromatic heterocycles. The Kier molecular flexibility index (Phi) is 7.34. The second-order valence-corrected chi connectivity index (χ2v) is 10.4. The molecule has 2 N–H and O–H groups in total. The molecule has 2 aliphatic carbocycles. The second kappa shape index (κ2) is 10.0. The van der Waals surface area contributed by atoms with Gasteiger partial charge in [0.2, 0.25) is 0 Å². The van der Waals surface area contributed by atoms with Crippen LogP contribution in [0.3, 0.4) is 0 Å². The fraction of sp³-hybridized carbons (Fsp3) is 0.741. The van der Waals surface area contributed by atoms with Gasteiger partial charge in [-0.3, -0.25) is 4.79 Å². The van der Waals surface area contributed by atoms with E-state index in [-0.39, 0.29) is 17.8 Å². The highest BCUT2D eigenvalue weighted by Crippen LogP contribution is 2.45. The van der Waals surface area contributed by atoms with Crippen LogP contribution in [-0.4, -0.2) is 34.0 Å². The number of hydrogen-bond donors (Lipinski definition) is 2. The Balaban J connectivity index is 1.50. The van der Waals surface area contributed by atoms with Gasteiger partial charge in [-0.05, 0) is 87.7 Å². The largest absolute Gasteiger partial charge is 0.504 e. The van der Waals surface area contributed by atoms with Crippen molar-refractivity contribution in [1.29, 1.82) is 0 Å². The number of aliphatic hydroxyl groups excluding tert-OH is 1. The fourth-order valence-corrected chi connectivity index (χ4v) is 6.40. The number of carbonyl (C=O) groups excluding carboxylic acids is 1. The van der Waals surface area contributed by atoms with Crippen LogP contribution in [0.4, 0.5) is 0 Å². The molecule has 0 spiro atoms. The number of fused-ring (bicyclic) bond motifs is 2. The molecule has 5 atom stereocenters. The number of hydrogen-bond acceptors (Lipinski definition) is 5. The van der Waals surface area contributed by atoms with Crippen LogP contribution in [0.25, 0.3) is 0 Å². The summed E-state index contributed by atoms with van der Waals surface area (Å²) < 4.78 is 12.2. The molecule has 2 saturated carbocycles. The summed E-state index contributed by atoms with van der Waals surface area (Å²) in [6.45, 7) is 3.65. The van der Waals surface area contributed by atoms with Crippen molar-refractivity contribution in [3.63, 3.8) is 0 Å². The zero-order chi connectivity index (χ0) is 22.7. The van der Waals surface area contributed by atoms with Crippen LogP contribution in [0.15, 0.2) is 12.1 Å². The number of esters is 1. The molecule has 3 aliphatic rings. The Hall–Kier alpha value is -1.75. The van der Waals surface area contributed by atoms with E-state index in [4.69, 9.17) is 9.47 Å². The number of aryl methyl sites for hydroxylation is 1. The lowest BCUT2D eigenvalue weighted by Crippen LogP contribution is -2.45. The third kappa shape index (κ3) is 5.08. The molecule has 178 valence electrons. The number of rotatable bonds is 7. The molecule has 0 radical (unpaired) electrons. The van der Waals surface area contributed by atoms with Gasteiger partial charge in [-0.1, -0.05) is 25.8 Å². The summed E-state index contributed by atoms with van der Waals surface area (Å²) in [7, 11) is 0. The lowest BCUT2D eigenvalue weighted by molar-refractivity contribution is -0.168. The molecule has 2 fully saturated rings. The normalized spacial score (nSPS) is 31.8. The van der Waals surface area contributed by atoms with Gasteiger partial charge in [0.05, 0.1) is 6.10 Å². The maximum Gasteiger partial charge on any atom is 0.303 e. The Morgan fingerprint density at radius 3 is 2.84 bits per heavy atom. The molecule has 5 nitrogen and oxygen atoms in total. The standard InChI is InChI=1S/C27H40O5/c1-3-4-6-20-14-16-27(17-24(20)30,32-18(2)28)15-13-19-10-12-23(29)26-22(19)11-9-21-7-5-8-25(21)31-26/h10,12,20-21,24-25,29-30H,3-9,11,13-17H2,1-2H3/t20-,21-,24-,25+,27+/m1/s1. The van der Waals surface area contributed by atoms with Gasteiger partial charge in [0, 0.05) is 18.9 Å². The zero-order valence-electron chi connectivity index (χ0n) is 19.8. The van der Waals surface area contributed by atoms with Gasteiger partial charge in [-0.15, -0.1) is 0 Å². The Labute approximate surface area is 192 Å². The van der Waals surface area contributed by atoms with Crippen LogP contribution >= 0.6 is 0 Å². The first-order valence-corrected chi connectivity index (χ1v) is 12.8. The van der Waals surface area contributed by atoms with Crippen LogP contribution in [-0.2, 0) is 22.4 Å². The van der Waals surface area contributed by atoms with E-state index >= 15 is 0 Å². The molecule has 1 aliphatic heterocycles. The smallest absolute Gasteiger partial charge is 0.303 e. The van der Waals surface area contributed by atoms with Crippen LogP contribution in [0, 0.1) is 11.8 Å². The molecule has 32 heavy (non-hydrogen) atoms. The van der Waals surface area contributed by atoms with Crippen molar-refractivity contribution in [2.75, 3.05) is 0 Å². The summed E-state index contributed by atoms with van der Waals surface area (Å²) in [6.07, 6.45) is 12.3. The highest BCUT2D eigenvalue weighted by atomic mass is 16.6. The van der Waals surface area contributed by atoms with Crippen molar-refractivity contribution >= 4 is 5.97 Å². The number of phenolic OH excluding ortho intramolecular Hbond substituents is 1. The molecule has 1 heterocycles. The first-order valence-electron chi connectivity index (χ1n) is 12.8. The van der Waals surface area contributed by atoms with E-state index in [1.807, 2.05) is 6.07 Å². The van der Waals surface area contributed by atoms with Gasteiger partial charge in [-0.25, -0.2) is 0 Å². The minimum absolute atomic E-state index is 0.221. The van der Waals surface area contributed by atoms with Crippen LogP contribution in [0.1, 0.15) is 95.6 Å². The summed E-state index contributed by atoms with van der Waals surface area (Å²) in [6, 6.07) is 3.75. The number of benzene rings is 1. The van der Waals surface area contributed by atoms with E-state index in [0.717, 1.165) is 63.4 Å². The second-order valence-electron chi connectivity index (χ2n) is 10.4. The topological polar surface area (TPSA) is 76.0 Å². The summed E-state index contributed by atoms with van der Waals surface area (Å²) in [5.74, 6) is 1.51. The number of aromatic hydroxyl groups is 1. The van der Waals surface area contributed by atoms with Gasteiger partial charge < -0.3 is 19.7 Å². The average Bonchev–Trinajstić information content (AvgIpc) is 3.11. The SMILES string of the molecule is CCCC[C@@H]1CC[C@](CCc2ccc(O)c3c2CC[C@H]2CCC[C@@H]2O3)(OC(C)=O)C[C@H]1O. The van der Waals surface area contributed by atoms with E-state index in [1.165, 1.54) is 25.3 Å². The zero-order valence-corrected chi connectivity index (χ0v) is 19.8. The molecule has 4 rings (SSSR count). The Morgan fingerprint density at radius 2 is 2.09 bits per heavy atom. The van der Waals surface area contributed by atoms with Gasteiger partial charge >= 0.3 is 5.97 Å². The molecule has 1 aromatic rings. The van der Waals surface area contributed by atoms with E-state index in [2.05, 4.69) is 6.92 Å². The van der Waals surface area contributed by atoms with E-state index in [1.54, 1.807) is 6.07 Å². The predicted molar refractivity (Wildman–Crippen MR) is 124 cm³/mol. The highest BCUT2D eigenvalue weighted by molar-refractivity contribution is 5.66. The quantitative estimate of drug-likeness (QED) is 0.545. The van der Waals surface area contributed by atoms with Crippen molar-refractivity contribution in [2.45, 2.75) is 115 Å². The Morgan fingerprint density at radius 1 is 1.25 bits per heavy atom. The van der Waals surface area contributed by atoms with Gasteiger partial charge in [0.1, 0.15) is 11.7 Å². The maximum absolute atomic E-state index is 12.0. The third-order valence-corrected chi connectivity index (χ3v) is 8.20. The lowest BCUT2D eigenvalue weighted by atomic mass is 9.72. The predicted octanol–water partition coefficient (Wildman–Crippen LogP) is 5.47.